The van der Waals surface area contributed by atoms with Crippen LogP contribution in [0.25, 0.3) is 16.7 Å². The van der Waals surface area contributed by atoms with Crippen molar-refractivity contribution >= 4 is 11.7 Å². The molecule has 5 nitrogen and oxygen atoms in total. The summed E-state index contributed by atoms with van der Waals surface area (Å²) in [5.41, 5.74) is 5.13. The zero-order chi connectivity index (χ0) is 25.6. The molecule has 0 spiro atoms. The van der Waals surface area contributed by atoms with E-state index in [0.29, 0.717) is 24.2 Å². The predicted molar refractivity (Wildman–Crippen MR) is 140 cm³/mol. The van der Waals surface area contributed by atoms with Gasteiger partial charge in [0.1, 0.15) is 11.5 Å². The number of phenols is 2. The fraction of sp³-hybridized carbons (Fsp3) is 0.483. The van der Waals surface area contributed by atoms with Gasteiger partial charge in [-0.1, -0.05) is 76.5 Å². The van der Waals surface area contributed by atoms with Gasteiger partial charge < -0.3 is 19.8 Å². The summed E-state index contributed by atoms with van der Waals surface area (Å²) in [6, 6.07) is 7.62. The van der Waals surface area contributed by atoms with Crippen LogP contribution in [-0.4, -0.2) is 34.9 Å². The van der Waals surface area contributed by atoms with E-state index >= 15 is 0 Å². The van der Waals surface area contributed by atoms with Crippen molar-refractivity contribution in [2.24, 2.45) is 5.41 Å². The molecule has 186 valence electrons. The molecule has 34 heavy (non-hydrogen) atoms. The summed E-state index contributed by atoms with van der Waals surface area (Å²) in [6.45, 7) is 16.6. The topological polar surface area (TPSA) is 70.0 Å². The smallest absolute Gasteiger partial charge is 0.409 e. The Kier molecular flexibility index (Phi) is 9.20. The van der Waals surface area contributed by atoms with Gasteiger partial charge in [0.15, 0.2) is 0 Å². The number of carbonyl (C=O) groups excluding carboxylic acids is 1. The van der Waals surface area contributed by atoms with Crippen LogP contribution in [0.1, 0.15) is 76.1 Å². The largest absolute Gasteiger partial charge is 0.507 e. The summed E-state index contributed by atoms with van der Waals surface area (Å²) in [7, 11) is 1.67. The van der Waals surface area contributed by atoms with E-state index in [1.807, 2.05) is 52.8 Å². The fourth-order valence-electron chi connectivity index (χ4n) is 3.91. The average molecular weight is 468 g/mol. The highest BCUT2D eigenvalue weighted by molar-refractivity contribution is 5.87. The van der Waals surface area contributed by atoms with E-state index in [-0.39, 0.29) is 23.5 Å². The van der Waals surface area contributed by atoms with Crippen molar-refractivity contribution in [3.8, 4) is 22.6 Å². The molecular formula is C29H41NO4. The molecule has 0 saturated heterocycles. The molecule has 0 atom stereocenters. The lowest BCUT2D eigenvalue weighted by Crippen LogP contribution is -2.30. The minimum atomic E-state index is -0.443. The Morgan fingerprint density at radius 1 is 1.15 bits per heavy atom. The Hall–Kier alpha value is -2.95. The maximum atomic E-state index is 12.6. The molecule has 2 aromatic carbocycles. The van der Waals surface area contributed by atoms with E-state index in [0.717, 1.165) is 47.1 Å². The molecule has 2 aromatic rings. The van der Waals surface area contributed by atoms with Gasteiger partial charge in [0, 0.05) is 12.6 Å². The minimum Gasteiger partial charge on any atom is -0.507 e. The van der Waals surface area contributed by atoms with Gasteiger partial charge in [-0.15, -0.1) is 0 Å². The molecule has 2 N–H and O–H groups in total. The monoisotopic (exact) mass is 467 g/mol. The zero-order valence-corrected chi connectivity index (χ0v) is 21.9. The van der Waals surface area contributed by atoms with Crippen LogP contribution in [0, 0.1) is 12.3 Å². The number of allylic oxidation sites excluding steroid dienone is 1. The molecule has 1 amide bonds. The number of unbranched alkanes of at least 4 members (excludes halogenated alkanes) is 2. The quantitative estimate of drug-likeness (QED) is 0.376. The normalized spacial score (nSPS) is 11.4. The Morgan fingerprint density at radius 2 is 1.82 bits per heavy atom. The van der Waals surface area contributed by atoms with Crippen molar-refractivity contribution in [2.45, 2.75) is 73.8 Å². The summed E-state index contributed by atoms with van der Waals surface area (Å²) in [5.74, 6) is 0.0221. The summed E-state index contributed by atoms with van der Waals surface area (Å²) < 4.78 is 5.47. The van der Waals surface area contributed by atoms with Gasteiger partial charge in [0.05, 0.1) is 18.7 Å². The zero-order valence-electron chi connectivity index (χ0n) is 21.9. The van der Waals surface area contributed by atoms with Crippen LogP contribution in [0.4, 0.5) is 4.79 Å². The maximum Gasteiger partial charge on any atom is 0.409 e. The summed E-state index contributed by atoms with van der Waals surface area (Å²) in [5, 5.41) is 22.5. The molecule has 0 saturated carbocycles. The number of carbonyl (C=O) groups is 1. The second-order valence-corrected chi connectivity index (χ2v) is 10.5. The number of aryl methyl sites for hydroxylation is 2. The van der Waals surface area contributed by atoms with Gasteiger partial charge in [0.2, 0.25) is 0 Å². The summed E-state index contributed by atoms with van der Waals surface area (Å²) in [6.07, 6.45) is 3.30. The predicted octanol–water partition coefficient (Wildman–Crippen LogP) is 7.45. The first-order chi connectivity index (χ1) is 15.9. The highest BCUT2D eigenvalue weighted by Crippen LogP contribution is 2.45. The van der Waals surface area contributed by atoms with E-state index in [1.165, 1.54) is 4.90 Å². The van der Waals surface area contributed by atoms with E-state index in [1.54, 1.807) is 13.1 Å². The number of nitrogens with zero attached hydrogens (tertiary/aromatic N) is 1. The molecule has 0 radical (unpaired) electrons. The van der Waals surface area contributed by atoms with Gasteiger partial charge >= 0.3 is 6.09 Å². The number of phenolic OH excluding ortho intramolecular Hbond substituents is 2. The van der Waals surface area contributed by atoms with Crippen molar-refractivity contribution in [1.82, 2.24) is 4.90 Å². The summed E-state index contributed by atoms with van der Waals surface area (Å²) in [4.78, 5) is 14.1. The lowest BCUT2D eigenvalue weighted by molar-refractivity contribution is 0.0769. The van der Waals surface area contributed by atoms with Crippen LogP contribution in [0.15, 0.2) is 30.8 Å². The highest BCUT2D eigenvalue weighted by Gasteiger charge is 2.24. The standard InChI is InChI=1S/C29H41NO4/c1-9-10-11-12-21-16-25(31)26(23-15-20(4)13-14-22(23)19(2)3)27(32)24(21)17-30(8)28(33)34-18-29(5,6)7/h13-16,31-32H,2,9-12,17-18H2,1,3-8H3. The minimum absolute atomic E-state index is 0.00456. The van der Waals surface area contributed by atoms with E-state index < -0.39 is 6.09 Å². The van der Waals surface area contributed by atoms with Crippen LogP contribution >= 0.6 is 0 Å². The van der Waals surface area contributed by atoms with Crippen LogP contribution in [0.5, 0.6) is 11.5 Å². The van der Waals surface area contributed by atoms with Crippen LogP contribution < -0.4 is 0 Å². The highest BCUT2D eigenvalue weighted by atomic mass is 16.6. The number of ether oxygens (including phenoxy) is 1. The molecular weight excluding hydrogens is 426 g/mol. The third kappa shape index (κ3) is 7.02. The molecule has 0 aliphatic carbocycles. The number of rotatable bonds is 9. The van der Waals surface area contributed by atoms with E-state index in [4.69, 9.17) is 4.74 Å². The van der Waals surface area contributed by atoms with Crippen LogP contribution in [-0.2, 0) is 17.7 Å². The molecule has 2 rings (SSSR count). The Balaban J connectivity index is 2.56. The van der Waals surface area contributed by atoms with Gasteiger partial charge in [-0.05, 0) is 54.9 Å². The Labute approximate surface area is 205 Å². The molecule has 5 heteroatoms. The van der Waals surface area contributed by atoms with Gasteiger partial charge in [0.25, 0.3) is 0 Å². The third-order valence-corrected chi connectivity index (χ3v) is 5.77. The lowest BCUT2D eigenvalue weighted by atomic mass is 9.89. The third-order valence-electron chi connectivity index (χ3n) is 5.77. The first kappa shape index (κ1) is 27.3. The van der Waals surface area contributed by atoms with Crippen molar-refractivity contribution < 1.29 is 19.7 Å². The van der Waals surface area contributed by atoms with Gasteiger partial charge in [-0.3, -0.25) is 0 Å². The van der Waals surface area contributed by atoms with Crippen molar-refractivity contribution in [3.63, 3.8) is 0 Å². The second-order valence-electron chi connectivity index (χ2n) is 10.5. The van der Waals surface area contributed by atoms with Crippen molar-refractivity contribution in [3.05, 3.63) is 53.1 Å². The molecule has 0 aliphatic heterocycles. The molecule has 0 aliphatic rings. The van der Waals surface area contributed by atoms with Crippen molar-refractivity contribution in [2.75, 3.05) is 13.7 Å². The molecule has 0 unspecified atom stereocenters. The Morgan fingerprint density at radius 3 is 2.41 bits per heavy atom. The number of amides is 1. The number of benzene rings is 2. The lowest BCUT2D eigenvalue weighted by Gasteiger charge is -2.24. The molecule has 0 aromatic heterocycles. The first-order valence-electron chi connectivity index (χ1n) is 12.1. The van der Waals surface area contributed by atoms with Gasteiger partial charge in [-0.2, -0.15) is 0 Å². The Bertz CT molecular complexity index is 1030. The number of aromatic hydroxyl groups is 2. The van der Waals surface area contributed by atoms with Crippen molar-refractivity contribution in [1.29, 1.82) is 0 Å². The van der Waals surface area contributed by atoms with Gasteiger partial charge in [-0.25, -0.2) is 4.79 Å². The molecule has 0 bridgehead atoms. The fourth-order valence-corrected chi connectivity index (χ4v) is 3.91. The molecule has 0 heterocycles. The van der Waals surface area contributed by atoms with E-state index in [9.17, 15) is 15.0 Å². The van der Waals surface area contributed by atoms with Crippen LogP contribution in [0.2, 0.25) is 0 Å². The number of hydrogen-bond acceptors (Lipinski definition) is 4. The SMILES string of the molecule is C=C(C)c1ccc(C)cc1-c1c(O)cc(CCCCC)c(CN(C)C(=O)OCC(C)(C)C)c1O. The number of hydrogen-bond donors (Lipinski definition) is 2. The van der Waals surface area contributed by atoms with E-state index in [2.05, 4.69) is 13.5 Å². The van der Waals surface area contributed by atoms with Crippen LogP contribution in [0.3, 0.4) is 0 Å². The summed E-state index contributed by atoms with van der Waals surface area (Å²) >= 11 is 0. The maximum absolute atomic E-state index is 12.6. The average Bonchev–Trinajstić information content (AvgIpc) is 2.73. The molecule has 0 fully saturated rings. The first-order valence-corrected chi connectivity index (χ1v) is 12.1. The second kappa shape index (κ2) is 11.5.